The van der Waals surface area contributed by atoms with Gasteiger partial charge in [0.05, 0.1) is 5.69 Å². The van der Waals surface area contributed by atoms with Crippen LogP contribution >= 0.6 is 0 Å². The van der Waals surface area contributed by atoms with Crippen LogP contribution in [0.5, 0.6) is 0 Å². The molecule has 4 nitrogen and oxygen atoms in total. The zero-order chi connectivity index (χ0) is 8.43. The highest BCUT2D eigenvalue weighted by atomic mass is 15.3. The summed E-state index contributed by atoms with van der Waals surface area (Å²) in [5.74, 6) is 6.34. The van der Waals surface area contributed by atoms with Crippen molar-refractivity contribution >= 4 is 6.21 Å². The Kier molecular flexibility index (Phi) is 1.94. The molecule has 0 bridgehead atoms. The third kappa shape index (κ3) is 1.11. The molecule has 1 aromatic heterocycles. The molecule has 1 aromatic rings. The zero-order valence-corrected chi connectivity index (χ0v) is 6.76. The number of nitrogens with zero attached hydrogens (tertiary/aromatic N) is 2. The molecular weight excluding hydrogens is 140 g/mol. The van der Waals surface area contributed by atoms with E-state index >= 15 is 0 Å². The summed E-state index contributed by atoms with van der Waals surface area (Å²) < 4.78 is 1.44. The summed E-state index contributed by atoms with van der Waals surface area (Å²) in [7, 11) is 0. The van der Waals surface area contributed by atoms with Crippen molar-refractivity contribution in [3.05, 3.63) is 17.2 Å². The SMILES string of the molecule is CCc1nc(C)n(N)c1C=N. The van der Waals surface area contributed by atoms with Gasteiger partial charge in [-0.15, -0.1) is 0 Å². The number of imidazole rings is 1. The molecule has 1 rings (SSSR count). The number of nitrogens with one attached hydrogen (secondary N) is 1. The molecule has 0 aliphatic rings. The number of nitrogen functional groups attached to an aromatic ring is 1. The molecule has 0 aromatic carbocycles. The Hall–Kier alpha value is -1.32. The molecule has 0 spiro atoms. The first-order valence-corrected chi connectivity index (χ1v) is 3.54. The van der Waals surface area contributed by atoms with Gasteiger partial charge in [-0.3, -0.25) is 0 Å². The average Bonchev–Trinajstić information content (AvgIpc) is 2.28. The topological polar surface area (TPSA) is 67.7 Å². The van der Waals surface area contributed by atoms with Gasteiger partial charge in [-0.2, -0.15) is 0 Å². The molecule has 0 amide bonds. The zero-order valence-electron chi connectivity index (χ0n) is 6.76. The molecular formula is C7H12N4. The van der Waals surface area contributed by atoms with Crippen LogP contribution in [0.1, 0.15) is 24.1 Å². The number of nitrogens with two attached hydrogens (primary N) is 1. The predicted octanol–water partition coefficient (Wildman–Crippen LogP) is 0.465. The first-order valence-electron chi connectivity index (χ1n) is 3.54. The molecule has 0 unspecified atom stereocenters. The van der Waals surface area contributed by atoms with E-state index in [1.165, 1.54) is 10.9 Å². The van der Waals surface area contributed by atoms with E-state index in [0.29, 0.717) is 5.69 Å². The van der Waals surface area contributed by atoms with E-state index in [-0.39, 0.29) is 0 Å². The highest BCUT2D eigenvalue weighted by Crippen LogP contribution is 2.05. The van der Waals surface area contributed by atoms with Gasteiger partial charge < -0.3 is 11.3 Å². The fourth-order valence-electron chi connectivity index (χ4n) is 1.03. The second-order valence-electron chi connectivity index (χ2n) is 2.36. The Morgan fingerprint density at radius 1 is 1.73 bits per heavy atom. The minimum Gasteiger partial charge on any atom is -0.337 e. The number of rotatable bonds is 2. The maximum absolute atomic E-state index is 7.08. The second-order valence-corrected chi connectivity index (χ2v) is 2.36. The molecule has 4 heteroatoms. The second kappa shape index (κ2) is 2.74. The molecule has 0 aliphatic heterocycles. The number of aryl methyl sites for hydroxylation is 2. The van der Waals surface area contributed by atoms with Crippen LogP contribution in [-0.4, -0.2) is 15.9 Å². The van der Waals surface area contributed by atoms with Crippen molar-refractivity contribution in [1.82, 2.24) is 9.66 Å². The van der Waals surface area contributed by atoms with Crippen molar-refractivity contribution in [3.63, 3.8) is 0 Å². The van der Waals surface area contributed by atoms with Crippen molar-refractivity contribution in [3.8, 4) is 0 Å². The van der Waals surface area contributed by atoms with E-state index in [9.17, 15) is 0 Å². The van der Waals surface area contributed by atoms with Crippen molar-refractivity contribution in [2.75, 3.05) is 5.84 Å². The Balaban J connectivity index is 3.26. The van der Waals surface area contributed by atoms with Crippen molar-refractivity contribution in [2.24, 2.45) is 0 Å². The van der Waals surface area contributed by atoms with E-state index in [1.54, 1.807) is 0 Å². The van der Waals surface area contributed by atoms with Crippen LogP contribution in [0.15, 0.2) is 0 Å². The normalized spacial score (nSPS) is 10.0. The molecule has 11 heavy (non-hydrogen) atoms. The number of hydrogen-bond acceptors (Lipinski definition) is 3. The smallest absolute Gasteiger partial charge is 0.125 e. The Labute approximate surface area is 65.5 Å². The van der Waals surface area contributed by atoms with Gasteiger partial charge in [0.25, 0.3) is 0 Å². The molecule has 3 N–H and O–H groups in total. The van der Waals surface area contributed by atoms with Crippen LogP contribution in [0.4, 0.5) is 0 Å². The quantitative estimate of drug-likeness (QED) is 0.477. The van der Waals surface area contributed by atoms with Gasteiger partial charge in [0.2, 0.25) is 0 Å². The summed E-state index contributed by atoms with van der Waals surface area (Å²) in [4.78, 5) is 4.19. The van der Waals surface area contributed by atoms with Crippen LogP contribution in [0, 0.1) is 12.3 Å². The fourth-order valence-corrected chi connectivity index (χ4v) is 1.03. The van der Waals surface area contributed by atoms with E-state index < -0.39 is 0 Å². The van der Waals surface area contributed by atoms with Gasteiger partial charge in [0.15, 0.2) is 0 Å². The summed E-state index contributed by atoms with van der Waals surface area (Å²) in [5, 5.41) is 7.08. The molecule has 1 heterocycles. The summed E-state index contributed by atoms with van der Waals surface area (Å²) in [6.07, 6.45) is 2.05. The highest BCUT2D eigenvalue weighted by molar-refractivity contribution is 5.76. The van der Waals surface area contributed by atoms with Gasteiger partial charge in [-0.25, -0.2) is 9.66 Å². The molecule has 0 saturated heterocycles. The van der Waals surface area contributed by atoms with E-state index in [0.717, 1.165) is 17.9 Å². The third-order valence-electron chi connectivity index (χ3n) is 1.67. The Morgan fingerprint density at radius 2 is 2.36 bits per heavy atom. The van der Waals surface area contributed by atoms with Crippen molar-refractivity contribution in [1.29, 1.82) is 5.41 Å². The van der Waals surface area contributed by atoms with Gasteiger partial charge in [-0.1, -0.05) is 6.92 Å². The Bertz CT molecular complexity index is 274. The van der Waals surface area contributed by atoms with Crippen molar-refractivity contribution < 1.29 is 0 Å². The average molecular weight is 152 g/mol. The van der Waals surface area contributed by atoms with Crippen LogP contribution in [0.2, 0.25) is 0 Å². The lowest BCUT2D eigenvalue weighted by Gasteiger charge is -1.96. The third-order valence-corrected chi connectivity index (χ3v) is 1.67. The van der Waals surface area contributed by atoms with Crippen LogP contribution in [0.25, 0.3) is 0 Å². The van der Waals surface area contributed by atoms with Gasteiger partial charge in [0.1, 0.15) is 11.5 Å². The van der Waals surface area contributed by atoms with E-state index in [2.05, 4.69) is 4.98 Å². The molecule has 0 aliphatic carbocycles. The molecule has 0 saturated carbocycles. The lowest BCUT2D eigenvalue weighted by atomic mass is 10.3. The summed E-state index contributed by atoms with van der Waals surface area (Å²) >= 11 is 0. The van der Waals surface area contributed by atoms with Gasteiger partial charge in [-0.05, 0) is 13.3 Å². The van der Waals surface area contributed by atoms with Gasteiger partial charge in [0, 0.05) is 6.21 Å². The molecule has 0 fully saturated rings. The maximum Gasteiger partial charge on any atom is 0.125 e. The number of hydrogen-bond donors (Lipinski definition) is 2. The summed E-state index contributed by atoms with van der Waals surface area (Å²) in [6, 6.07) is 0. The highest BCUT2D eigenvalue weighted by Gasteiger charge is 2.07. The summed E-state index contributed by atoms with van der Waals surface area (Å²) in [6.45, 7) is 3.82. The number of aromatic nitrogens is 2. The lowest BCUT2D eigenvalue weighted by molar-refractivity contribution is 0.920. The van der Waals surface area contributed by atoms with Crippen LogP contribution in [0.3, 0.4) is 0 Å². The largest absolute Gasteiger partial charge is 0.337 e. The predicted molar refractivity (Wildman–Crippen MR) is 44.4 cm³/mol. The van der Waals surface area contributed by atoms with Gasteiger partial charge >= 0.3 is 0 Å². The monoisotopic (exact) mass is 152 g/mol. The van der Waals surface area contributed by atoms with E-state index in [4.69, 9.17) is 11.3 Å². The molecule has 60 valence electrons. The minimum atomic E-state index is 0.699. The van der Waals surface area contributed by atoms with Crippen molar-refractivity contribution in [2.45, 2.75) is 20.3 Å². The van der Waals surface area contributed by atoms with E-state index in [1.807, 2.05) is 13.8 Å². The fraction of sp³-hybridized carbons (Fsp3) is 0.429. The summed E-state index contributed by atoms with van der Waals surface area (Å²) in [5.41, 5.74) is 1.59. The molecule has 0 atom stereocenters. The first-order chi connectivity index (χ1) is 5.20. The first kappa shape index (κ1) is 7.78. The standard InChI is InChI=1S/C7H12N4/c1-3-6-7(4-8)11(9)5(2)10-6/h4,8H,3,9H2,1-2H3. The lowest BCUT2D eigenvalue weighted by Crippen LogP contribution is -2.13. The van der Waals surface area contributed by atoms with Crippen LogP contribution in [-0.2, 0) is 6.42 Å². The van der Waals surface area contributed by atoms with Crippen LogP contribution < -0.4 is 5.84 Å². The molecule has 0 radical (unpaired) electrons. The maximum atomic E-state index is 7.08. The Morgan fingerprint density at radius 3 is 2.73 bits per heavy atom. The minimum absolute atomic E-state index is 0.699.